The first-order chi connectivity index (χ1) is 9.06. The summed E-state index contributed by atoms with van der Waals surface area (Å²) in [5.41, 5.74) is 0.713. The van der Waals surface area contributed by atoms with Crippen LogP contribution in [-0.4, -0.2) is 32.2 Å². The van der Waals surface area contributed by atoms with E-state index in [1.54, 1.807) is 19.2 Å². The molecule has 0 spiro atoms. The molecule has 3 N–H and O–H groups in total. The van der Waals surface area contributed by atoms with Crippen LogP contribution in [0.15, 0.2) is 17.6 Å². The predicted octanol–water partition coefficient (Wildman–Crippen LogP) is 0.984. The van der Waals surface area contributed by atoms with E-state index in [1.165, 1.54) is 16.7 Å². The van der Waals surface area contributed by atoms with Crippen molar-refractivity contribution in [2.75, 3.05) is 0 Å². The number of H-pyrrole nitrogens is 1. The van der Waals surface area contributed by atoms with Crippen molar-refractivity contribution in [1.82, 2.24) is 20.5 Å². The fraction of sp³-hybridized carbons (Fsp3) is 0.273. The monoisotopic (exact) mass is 280 g/mol. The molecule has 0 aliphatic carbocycles. The third-order valence-corrected chi connectivity index (χ3v) is 3.43. The van der Waals surface area contributed by atoms with Gasteiger partial charge in [-0.1, -0.05) is 0 Å². The summed E-state index contributed by atoms with van der Waals surface area (Å²) in [4.78, 5) is 26.4. The number of carboxylic acid groups (broad SMARTS) is 1. The molecule has 2 aromatic heterocycles. The quantitative estimate of drug-likeness (QED) is 0.756. The van der Waals surface area contributed by atoms with E-state index in [2.05, 4.69) is 20.5 Å². The van der Waals surface area contributed by atoms with Gasteiger partial charge in [0.05, 0.1) is 12.5 Å². The molecule has 1 unspecified atom stereocenters. The molecule has 7 nitrogen and oxygen atoms in total. The summed E-state index contributed by atoms with van der Waals surface area (Å²) in [5, 5.41) is 20.0. The molecule has 0 aliphatic heterocycles. The summed E-state index contributed by atoms with van der Waals surface area (Å²) in [6, 6.07) is 1.39. The molecule has 2 aromatic rings. The van der Waals surface area contributed by atoms with Crippen molar-refractivity contribution in [3.8, 4) is 0 Å². The molecule has 2 heterocycles. The molecule has 1 atom stereocenters. The van der Waals surface area contributed by atoms with E-state index in [9.17, 15) is 9.59 Å². The van der Waals surface area contributed by atoms with Crippen LogP contribution in [0.3, 0.4) is 0 Å². The van der Waals surface area contributed by atoms with Gasteiger partial charge < -0.3 is 10.4 Å². The van der Waals surface area contributed by atoms with E-state index >= 15 is 0 Å². The van der Waals surface area contributed by atoms with Gasteiger partial charge in [0, 0.05) is 17.3 Å². The summed E-state index contributed by atoms with van der Waals surface area (Å²) >= 11 is 1.21. The van der Waals surface area contributed by atoms with Crippen LogP contribution in [0.4, 0.5) is 0 Å². The zero-order chi connectivity index (χ0) is 13.8. The highest BCUT2D eigenvalue weighted by Gasteiger charge is 2.16. The van der Waals surface area contributed by atoms with Crippen molar-refractivity contribution in [3.05, 3.63) is 34.0 Å². The first-order valence-corrected chi connectivity index (χ1v) is 6.40. The summed E-state index contributed by atoms with van der Waals surface area (Å²) in [6.07, 6.45) is 1.77. The molecule has 8 heteroatoms. The number of aromatic carboxylic acids is 1. The van der Waals surface area contributed by atoms with Crippen molar-refractivity contribution >= 4 is 23.2 Å². The van der Waals surface area contributed by atoms with E-state index in [1.807, 2.05) is 0 Å². The van der Waals surface area contributed by atoms with Crippen LogP contribution in [-0.2, 0) is 11.2 Å². The minimum Gasteiger partial charge on any atom is -0.476 e. The Morgan fingerprint density at radius 1 is 1.58 bits per heavy atom. The number of nitrogens with one attached hydrogen (secondary N) is 2. The van der Waals surface area contributed by atoms with Gasteiger partial charge in [-0.2, -0.15) is 5.10 Å². The molecule has 0 aliphatic rings. The second-order valence-electron chi connectivity index (χ2n) is 3.92. The SMILES string of the molecule is CC(NC(=O)Cc1ccn[nH]1)c1nc(C(=O)O)cs1. The van der Waals surface area contributed by atoms with Crippen molar-refractivity contribution in [2.24, 2.45) is 0 Å². The van der Waals surface area contributed by atoms with Gasteiger partial charge in [0.2, 0.25) is 5.91 Å². The third kappa shape index (κ3) is 3.38. The zero-order valence-electron chi connectivity index (χ0n) is 10.1. The second-order valence-corrected chi connectivity index (χ2v) is 4.81. The summed E-state index contributed by atoms with van der Waals surface area (Å²) in [7, 11) is 0. The van der Waals surface area contributed by atoms with E-state index in [-0.39, 0.29) is 24.1 Å². The average Bonchev–Trinajstić information content (AvgIpc) is 2.98. The molecule has 100 valence electrons. The summed E-state index contributed by atoms with van der Waals surface area (Å²) in [5.74, 6) is -1.25. The maximum atomic E-state index is 11.7. The fourth-order valence-corrected chi connectivity index (χ4v) is 2.30. The van der Waals surface area contributed by atoms with E-state index in [0.29, 0.717) is 5.01 Å². The van der Waals surface area contributed by atoms with Gasteiger partial charge in [0.1, 0.15) is 5.01 Å². The number of thiazole rings is 1. The molecule has 2 rings (SSSR count). The topological polar surface area (TPSA) is 108 Å². The normalized spacial score (nSPS) is 12.1. The first kappa shape index (κ1) is 13.2. The van der Waals surface area contributed by atoms with Gasteiger partial charge in [-0.3, -0.25) is 9.89 Å². The van der Waals surface area contributed by atoms with E-state index < -0.39 is 5.97 Å². The Kier molecular flexibility index (Phi) is 3.91. The molecule has 0 saturated carbocycles. The number of aromatic amines is 1. The minimum absolute atomic E-state index is 0.00494. The number of carboxylic acids is 1. The Labute approximate surface area is 112 Å². The Morgan fingerprint density at radius 3 is 2.95 bits per heavy atom. The number of nitrogens with zero attached hydrogens (tertiary/aromatic N) is 2. The molecule has 0 aromatic carbocycles. The van der Waals surface area contributed by atoms with Crippen molar-refractivity contribution in [2.45, 2.75) is 19.4 Å². The summed E-state index contributed by atoms with van der Waals surface area (Å²) < 4.78 is 0. The highest BCUT2D eigenvalue weighted by molar-refractivity contribution is 7.09. The Morgan fingerprint density at radius 2 is 2.37 bits per heavy atom. The number of hydrogen-bond donors (Lipinski definition) is 3. The van der Waals surface area contributed by atoms with Crippen molar-refractivity contribution in [1.29, 1.82) is 0 Å². The number of aromatic nitrogens is 3. The molecular formula is C11H12N4O3S. The highest BCUT2D eigenvalue weighted by Crippen LogP contribution is 2.18. The lowest BCUT2D eigenvalue weighted by Gasteiger charge is -2.10. The lowest BCUT2D eigenvalue weighted by Crippen LogP contribution is -2.28. The van der Waals surface area contributed by atoms with Gasteiger partial charge in [0.15, 0.2) is 5.69 Å². The van der Waals surface area contributed by atoms with E-state index in [4.69, 9.17) is 5.11 Å². The van der Waals surface area contributed by atoms with Crippen LogP contribution in [0.5, 0.6) is 0 Å². The standard InChI is InChI=1S/C11H12N4O3S/c1-6(10-14-8(5-19-10)11(17)18)13-9(16)4-7-2-3-12-15-7/h2-3,5-6H,4H2,1H3,(H,12,15)(H,13,16)(H,17,18). The number of hydrogen-bond acceptors (Lipinski definition) is 5. The predicted molar refractivity (Wildman–Crippen MR) is 67.9 cm³/mol. The molecule has 0 fully saturated rings. The average molecular weight is 280 g/mol. The number of rotatable bonds is 5. The Balaban J connectivity index is 1.94. The molecule has 19 heavy (non-hydrogen) atoms. The van der Waals surface area contributed by atoms with Crippen LogP contribution in [0, 0.1) is 0 Å². The van der Waals surface area contributed by atoms with E-state index in [0.717, 1.165) is 5.69 Å². The lowest BCUT2D eigenvalue weighted by molar-refractivity contribution is -0.121. The van der Waals surface area contributed by atoms with Gasteiger partial charge in [0.25, 0.3) is 0 Å². The third-order valence-electron chi connectivity index (χ3n) is 2.40. The summed E-state index contributed by atoms with van der Waals surface area (Å²) in [6.45, 7) is 1.76. The molecule has 0 saturated heterocycles. The highest BCUT2D eigenvalue weighted by atomic mass is 32.1. The number of amides is 1. The van der Waals surface area contributed by atoms with Crippen molar-refractivity contribution < 1.29 is 14.7 Å². The largest absolute Gasteiger partial charge is 0.476 e. The van der Waals surface area contributed by atoms with Crippen LogP contribution in [0.2, 0.25) is 0 Å². The fourth-order valence-electron chi connectivity index (χ4n) is 1.50. The Hall–Kier alpha value is -2.22. The molecule has 0 bridgehead atoms. The number of carbonyl (C=O) groups is 2. The number of carbonyl (C=O) groups excluding carboxylic acids is 1. The minimum atomic E-state index is -1.07. The van der Waals surface area contributed by atoms with Crippen LogP contribution >= 0.6 is 11.3 Å². The van der Waals surface area contributed by atoms with Crippen LogP contribution in [0.1, 0.15) is 34.2 Å². The van der Waals surface area contributed by atoms with Gasteiger partial charge in [-0.05, 0) is 13.0 Å². The molecular weight excluding hydrogens is 268 g/mol. The Bertz CT molecular complexity index is 579. The van der Waals surface area contributed by atoms with Gasteiger partial charge >= 0.3 is 5.97 Å². The first-order valence-electron chi connectivity index (χ1n) is 5.52. The molecule has 0 radical (unpaired) electrons. The molecule has 1 amide bonds. The second kappa shape index (κ2) is 5.61. The van der Waals surface area contributed by atoms with Gasteiger partial charge in [-0.15, -0.1) is 11.3 Å². The van der Waals surface area contributed by atoms with Crippen LogP contribution < -0.4 is 5.32 Å². The maximum absolute atomic E-state index is 11.7. The smallest absolute Gasteiger partial charge is 0.355 e. The van der Waals surface area contributed by atoms with Crippen LogP contribution in [0.25, 0.3) is 0 Å². The maximum Gasteiger partial charge on any atom is 0.355 e. The van der Waals surface area contributed by atoms with Crippen molar-refractivity contribution in [3.63, 3.8) is 0 Å². The van der Waals surface area contributed by atoms with Gasteiger partial charge in [-0.25, -0.2) is 9.78 Å². The zero-order valence-corrected chi connectivity index (χ0v) is 10.9. The lowest BCUT2D eigenvalue weighted by atomic mass is 10.2.